The molecule has 2 aromatic rings. The second kappa shape index (κ2) is 10.3. The highest BCUT2D eigenvalue weighted by atomic mass is 16.5. The van der Waals surface area contributed by atoms with Crippen molar-refractivity contribution in [1.29, 1.82) is 0 Å². The summed E-state index contributed by atoms with van der Waals surface area (Å²) in [7, 11) is 1.72. The second-order valence-electron chi connectivity index (χ2n) is 7.15. The third kappa shape index (κ3) is 5.21. The smallest absolute Gasteiger partial charge is 0.235 e. The Balaban J connectivity index is 2.44. The molecule has 0 N–H and O–H groups in total. The SMILES string of the molecule is CCCCCOc1nc(CC)c(-c2ccc(C(C)C)cc2OC)nc1CC. The van der Waals surface area contributed by atoms with E-state index in [2.05, 4.69) is 52.8 Å². The van der Waals surface area contributed by atoms with Gasteiger partial charge >= 0.3 is 0 Å². The van der Waals surface area contributed by atoms with Gasteiger partial charge in [-0.15, -0.1) is 0 Å². The molecule has 2 rings (SSSR count). The summed E-state index contributed by atoms with van der Waals surface area (Å²) in [5.74, 6) is 1.99. The largest absolute Gasteiger partial charge is 0.496 e. The molecule has 0 bridgehead atoms. The van der Waals surface area contributed by atoms with Gasteiger partial charge in [-0.1, -0.05) is 53.5 Å². The number of aromatic nitrogens is 2. The molecular weight excluding hydrogens is 336 g/mol. The Morgan fingerprint density at radius 2 is 1.70 bits per heavy atom. The number of ether oxygens (including phenoxy) is 2. The molecule has 148 valence electrons. The Morgan fingerprint density at radius 1 is 0.963 bits per heavy atom. The minimum Gasteiger partial charge on any atom is -0.496 e. The Morgan fingerprint density at radius 3 is 2.30 bits per heavy atom. The molecule has 0 spiro atoms. The molecule has 0 fully saturated rings. The van der Waals surface area contributed by atoms with Gasteiger partial charge in [-0.05, 0) is 42.9 Å². The molecule has 0 aliphatic carbocycles. The zero-order valence-corrected chi connectivity index (χ0v) is 17.8. The fourth-order valence-electron chi connectivity index (χ4n) is 3.08. The van der Waals surface area contributed by atoms with Gasteiger partial charge in [-0.25, -0.2) is 9.97 Å². The summed E-state index contributed by atoms with van der Waals surface area (Å²) in [4.78, 5) is 9.78. The zero-order chi connectivity index (χ0) is 19.8. The molecule has 1 aromatic carbocycles. The fraction of sp³-hybridized carbons (Fsp3) is 0.565. The summed E-state index contributed by atoms with van der Waals surface area (Å²) in [6.07, 6.45) is 5.00. The van der Waals surface area contributed by atoms with Crippen molar-refractivity contribution in [3.63, 3.8) is 0 Å². The number of methoxy groups -OCH3 is 1. The van der Waals surface area contributed by atoms with Crippen molar-refractivity contribution in [2.75, 3.05) is 13.7 Å². The van der Waals surface area contributed by atoms with Crippen molar-refractivity contribution in [3.05, 3.63) is 35.2 Å². The highest BCUT2D eigenvalue weighted by Crippen LogP contribution is 2.35. The van der Waals surface area contributed by atoms with Gasteiger partial charge in [0.2, 0.25) is 5.88 Å². The molecule has 0 saturated heterocycles. The average molecular weight is 371 g/mol. The van der Waals surface area contributed by atoms with Crippen LogP contribution in [0.25, 0.3) is 11.3 Å². The summed E-state index contributed by atoms with van der Waals surface area (Å²) >= 11 is 0. The van der Waals surface area contributed by atoms with Crippen LogP contribution in [0.4, 0.5) is 0 Å². The standard InChI is InChI=1S/C23H34N2O2/c1-7-10-11-14-27-23-20(9-3)24-22(19(8-2)25-23)18-13-12-17(16(4)5)15-21(18)26-6/h12-13,15-16H,7-11,14H2,1-6H3. The Kier molecular flexibility index (Phi) is 8.08. The summed E-state index contributed by atoms with van der Waals surface area (Å²) in [5.41, 5.74) is 5.02. The average Bonchev–Trinajstić information content (AvgIpc) is 2.70. The maximum absolute atomic E-state index is 5.97. The molecule has 27 heavy (non-hydrogen) atoms. The van der Waals surface area contributed by atoms with E-state index in [9.17, 15) is 0 Å². The molecule has 0 atom stereocenters. The van der Waals surface area contributed by atoms with E-state index in [1.807, 2.05) is 0 Å². The van der Waals surface area contributed by atoms with E-state index in [0.29, 0.717) is 18.4 Å². The number of hydrogen-bond donors (Lipinski definition) is 0. The first kappa shape index (κ1) is 21.2. The van der Waals surface area contributed by atoms with Crippen LogP contribution in [0.5, 0.6) is 11.6 Å². The minimum atomic E-state index is 0.453. The number of aryl methyl sites for hydroxylation is 2. The van der Waals surface area contributed by atoms with Gasteiger partial charge in [0, 0.05) is 5.56 Å². The van der Waals surface area contributed by atoms with E-state index in [1.165, 1.54) is 18.4 Å². The normalized spacial score (nSPS) is 11.1. The molecule has 4 heteroatoms. The van der Waals surface area contributed by atoms with Crippen LogP contribution in [0, 0.1) is 0 Å². The lowest BCUT2D eigenvalue weighted by Crippen LogP contribution is -2.08. The van der Waals surface area contributed by atoms with Crippen molar-refractivity contribution < 1.29 is 9.47 Å². The van der Waals surface area contributed by atoms with E-state index >= 15 is 0 Å². The first-order chi connectivity index (χ1) is 13.0. The fourth-order valence-corrected chi connectivity index (χ4v) is 3.08. The number of hydrogen-bond acceptors (Lipinski definition) is 4. The predicted octanol–water partition coefficient (Wildman–Crippen LogP) is 5.97. The molecule has 0 saturated carbocycles. The Hall–Kier alpha value is -2.10. The summed E-state index contributed by atoms with van der Waals surface area (Å²) < 4.78 is 11.7. The second-order valence-corrected chi connectivity index (χ2v) is 7.15. The topological polar surface area (TPSA) is 44.2 Å². The maximum Gasteiger partial charge on any atom is 0.235 e. The molecule has 4 nitrogen and oxygen atoms in total. The van der Waals surface area contributed by atoms with E-state index < -0.39 is 0 Å². The van der Waals surface area contributed by atoms with Crippen LogP contribution < -0.4 is 9.47 Å². The van der Waals surface area contributed by atoms with Crippen LogP contribution in [0.2, 0.25) is 0 Å². The lowest BCUT2D eigenvalue weighted by Gasteiger charge is -2.17. The van der Waals surface area contributed by atoms with Crippen molar-refractivity contribution in [2.24, 2.45) is 0 Å². The summed E-state index contributed by atoms with van der Waals surface area (Å²) in [6.45, 7) is 11.5. The minimum absolute atomic E-state index is 0.453. The molecule has 1 heterocycles. The van der Waals surface area contributed by atoms with Crippen molar-refractivity contribution in [2.45, 2.75) is 72.6 Å². The van der Waals surface area contributed by atoms with Gasteiger partial charge in [-0.3, -0.25) is 0 Å². The lowest BCUT2D eigenvalue weighted by atomic mass is 9.98. The van der Waals surface area contributed by atoms with Crippen molar-refractivity contribution in [3.8, 4) is 22.9 Å². The van der Waals surface area contributed by atoms with Gasteiger partial charge in [0.05, 0.1) is 25.1 Å². The van der Waals surface area contributed by atoms with Crippen LogP contribution >= 0.6 is 0 Å². The highest BCUT2D eigenvalue weighted by molar-refractivity contribution is 5.70. The third-order valence-electron chi connectivity index (χ3n) is 4.81. The van der Waals surface area contributed by atoms with E-state index in [4.69, 9.17) is 19.4 Å². The number of rotatable bonds is 10. The highest BCUT2D eigenvalue weighted by Gasteiger charge is 2.18. The molecule has 0 amide bonds. The predicted molar refractivity (Wildman–Crippen MR) is 112 cm³/mol. The van der Waals surface area contributed by atoms with E-state index in [1.54, 1.807) is 7.11 Å². The van der Waals surface area contributed by atoms with Crippen LogP contribution in [0.15, 0.2) is 18.2 Å². The van der Waals surface area contributed by atoms with Crippen molar-refractivity contribution >= 4 is 0 Å². The van der Waals surface area contributed by atoms with Gasteiger partial charge in [-0.2, -0.15) is 0 Å². The third-order valence-corrected chi connectivity index (χ3v) is 4.81. The van der Waals surface area contributed by atoms with Crippen molar-refractivity contribution in [1.82, 2.24) is 9.97 Å². The van der Waals surface area contributed by atoms with Gasteiger partial charge in [0.1, 0.15) is 11.4 Å². The number of benzene rings is 1. The first-order valence-electron chi connectivity index (χ1n) is 10.3. The van der Waals surface area contributed by atoms with Crippen LogP contribution in [-0.2, 0) is 12.8 Å². The van der Waals surface area contributed by atoms with Gasteiger partial charge in [0.15, 0.2) is 0 Å². The maximum atomic E-state index is 5.97. The van der Waals surface area contributed by atoms with E-state index in [-0.39, 0.29) is 0 Å². The van der Waals surface area contributed by atoms with Crippen LogP contribution in [0.1, 0.15) is 76.8 Å². The number of unbranched alkanes of at least 4 members (excludes halogenated alkanes) is 2. The molecular formula is C23H34N2O2. The van der Waals surface area contributed by atoms with Gasteiger partial charge in [0.25, 0.3) is 0 Å². The Bertz CT molecular complexity index is 741. The van der Waals surface area contributed by atoms with Gasteiger partial charge < -0.3 is 9.47 Å². The Labute approximate surface area is 164 Å². The number of nitrogens with zero attached hydrogens (tertiary/aromatic N) is 2. The summed E-state index contributed by atoms with van der Waals surface area (Å²) in [5, 5.41) is 0. The van der Waals surface area contributed by atoms with Crippen LogP contribution in [-0.4, -0.2) is 23.7 Å². The first-order valence-corrected chi connectivity index (χ1v) is 10.3. The molecule has 0 radical (unpaired) electrons. The lowest BCUT2D eigenvalue weighted by molar-refractivity contribution is 0.289. The molecule has 0 unspecified atom stereocenters. The monoisotopic (exact) mass is 370 g/mol. The quantitative estimate of drug-likeness (QED) is 0.483. The molecule has 0 aliphatic heterocycles. The van der Waals surface area contributed by atoms with Crippen LogP contribution in [0.3, 0.4) is 0 Å². The zero-order valence-electron chi connectivity index (χ0n) is 17.8. The van der Waals surface area contributed by atoms with E-state index in [0.717, 1.165) is 47.7 Å². The molecule has 1 aromatic heterocycles. The summed E-state index contributed by atoms with van der Waals surface area (Å²) in [6, 6.07) is 6.38. The molecule has 0 aliphatic rings.